The van der Waals surface area contributed by atoms with E-state index in [1.165, 1.54) is 0 Å². The fraction of sp³-hybridized carbons (Fsp3) is 0.143. The van der Waals surface area contributed by atoms with Gasteiger partial charge in [-0.2, -0.15) is 0 Å². The molecule has 0 atom stereocenters. The van der Waals surface area contributed by atoms with Crippen LogP contribution in [0.1, 0.15) is 5.56 Å². The maximum absolute atomic E-state index is 12.1. The largest absolute Gasteiger partial charge is 0.480 e. The van der Waals surface area contributed by atoms with Crippen molar-refractivity contribution < 1.29 is 9.53 Å². The molecule has 1 aliphatic rings. The van der Waals surface area contributed by atoms with E-state index in [-0.39, 0.29) is 12.5 Å². The number of pyridine rings is 1. The highest BCUT2D eigenvalue weighted by molar-refractivity contribution is 9.10. The van der Waals surface area contributed by atoms with Gasteiger partial charge in [0.15, 0.2) is 18.2 Å². The van der Waals surface area contributed by atoms with Crippen molar-refractivity contribution in [2.45, 2.75) is 6.54 Å². The Balaban J connectivity index is 1.96. The second kappa shape index (κ2) is 5.83. The summed E-state index contributed by atoms with van der Waals surface area (Å²) in [6.45, 7) is 0.354. The summed E-state index contributed by atoms with van der Waals surface area (Å²) in [5.41, 5.74) is 0.868. The molecule has 0 aliphatic carbocycles. The Bertz CT molecular complexity index is 724. The molecule has 21 heavy (non-hydrogen) atoms. The van der Waals surface area contributed by atoms with Gasteiger partial charge in [0.05, 0.1) is 16.6 Å². The monoisotopic (exact) mass is 386 g/mol. The topological polar surface area (TPSA) is 42.4 Å². The number of benzene rings is 1. The molecule has 1 aliphatic heterocycles. The summed E-state index contributed by atoms with van der Waals surface area (Å²) in [6, 6.07) is 8.82. The normalized spacial score (nSPS) is 13.9. The predicted octanol–water partition coefficient (Wildman–Crippen LogP) is 4.08. The van der Waals surface area contributed by atoms with Crippen LogP contribution >= 0.6 is 39.1 Å². The molecular formula is C14H9BrCl2N2O2. The maximum atomic E-state index is 12.1. The maximum Gasteiger partial charge on any atom is 0.266 e. The van der Waals surface area contributed by atoms with Gasteiger partial charge in [-0.05, 0) is 45.8 Å². The molecule has 0 radical (unpaired) electrons. The number of hydrogen-bond acceptors (Lipinski definition) is 3. The predicted molar refractivity (Wildman–Crippen MR) is 85.1 cm³/mol. The molecule has 0 unspecified atom stereocenters. The first-order valence-corrected chi connectivity index (χ1v) is 7.63. The fourth-order valence-electron chi connectivity index (χ4n) is 2.04. The summed E-state index contributed by atoms with van der Waals surface area (Å²) >= 11 is 15.2. The molecule has 0 spiro atoms. The van der Waals surface area contributed by atoms with Crippen LogP contribution in [0.5, 0.6) is 5.75 Å². The molecule has 0 fully saturated rings. The lowest BCUT2D eigenvalue weighted by molar-refractivity contribution is -0.121. The average Bonchev–Trinajstić information content (AvgIpc) is 2.46. The number of nitrogens with zero attached hydrogens (tertiary/aromatic N) is 2. The van der Waals surface area contributed by atoms with Crippen LogP contribution in [0.25, 0.3) is 0 Å². The number of anilines is 1. The van der Waals surface area contributed by atoms with Gasteiger partial charge in [-0.25, -0.2) is 4.98 Å². The number of carbonyl (C=O) groups is 1. The Labute approximate surface area is 139 Å². The lowest BCUT2D eigenvalue weighted by Gasteiger charge is -2.28. The van der Waals surface area contributed by atoms with Crippen LogP contribution in [-0.2, 0) is 11.3 Å². The molecule has 0 N–H and O–H groups in total. The molecule has 3 rings (SSSR count). The molecule has 7 heteroatoms. The molecule has 2 aromatic rings. The quantitative estimate of drug-likeness (QED) is 0.729. The second-order valence-corrected chi connectivity index (χ2v) is 6.10. The van der Waals surface area contributed by atoms with Gasteiger partial charge in [0.2, 0.25) is 0 Å². The molecule has 1 aromatic heterocycles. The van der Waals surface area contributed by atoms with Gasteiger partial charge in [-0.1, -0.05) is 29.3 Å². The number of ether oxygens (including phenoxy) is 1. The van der Waals surface area contributed by atoms with Gasteiger partial charge in [0, 0.05) is 0 Å². The third-order valence-electron chi connectivity index (χ3n) is 3.04. The van der Waals surface area contributed by atoms with E-state index in [2.05, 4.69) is 20.9 Å². The van der Waals surface area contributed by atoms with E-state index in [1.807, 2.05) is 6.07 Å². The zero-order valence-corrected chi connectivity index (χ0v) is 13.7. The molecule has 2 heterocycles. The molecular weight excluding hydrogens is 379 g/mol. The van der Waals surface area contributed by atoms with E-state index >= 15 is 0 Å². The van der Waals surface area contributed by atoms with Gasteiger partial charge in [0.1, 0.15) is 4.60 Å². The fourth-order valence-corrected chi connectivity index (χ4v) is 2.66. The molecule has 0 bridgehead atoms. The van der Waals surface area contributed by atoms with Gasteiger partial charge >= 0.3 is 0 Å². The van der Waals surface area contributed by atoms with Crippen molar-refractivity contribution in [3.63, 3.8) is 0 Å². The number of rotatable bonds is 2. The number of amides is 1. The Kier molecular flexibility index (Phi) is 4.06. The van der Waals surface area contributed by atoms with E-state index < -0.39 is 0 Å². The van der Waals surface area contributed by atoms with Crippen molar-refractivity contribution in [3.8, 4) is 5.75 Å². The van der Waals surface area contributed by atoms with Crippen LogP contribution in [0.2, 0.25) is 10.0 Å². The van der Waals surface area contributed by atoms with Crippen molar-refractivity contribution in [1.82, 2.24) is 4.98 Å². The number of halogens is 3. The van der Waals surface area contributed by atoms with Gasteiger partial charge in [-0.15, -0.1) is 0 Å². The molecule has 0 saturated heterocycles. The minimum Gasteiger partial charge on any atom is -0.480 e. The van der Waals surface area contributed by atoms with Gasteiger partial charge in [-0.3, -0.25) is 9.69 Å². The van der Waals surface area contributed by atoms with Crippen LogP contribution < -0.4 is 9.64 Å². The lowest BCUT2D eigenvalue weighted by atomic mass is 10.2. The zero-order chi connectivity index (χ0) is 15.0. The van der Waals surface area contributed by atoms with Crippen LogP contribution in [0.15, 0.2) is 34.9 Å². The minimum atomic E-state index is -0.154. The standard InChI is InChI=1S/C14H9BrCl2N2O2/c15-12-4-3-11-14(18-12)19(13(20)7-21-11)6-8-1-2-9(16)10(17)5-8/h1-5H,6-7H2. The summed E-state index contributed by atoms with van der Waals surface area (Å²) in [5, 5.41) is 0.937. The number of carbonyl (C=O) groups excluding carboxylic acids is 1. The van der Waals surface area contributed by atoms with Gasteiger partial charge in [0.25, 0.3) is 5.91 Å². The van der Waals surface area contributed by atoms with Crippen molar-refractivity contribution in [3.05, 3.63) is 50.5 Å². The highest BCUT2D eigenvalue weighted by Crippen LogP contribution is 2.33. The molecule has 0 saturated carbocycles. The SMILES string of the molecule is O=C1COc2ccc(Br)nc2N1Cc1ccc(Cl)c(Cl)c1. The molecule has 108 valence electrons. The van der Waals surface area contributed by atoms with E-state index in [4.69, 9.17) is 27.9 Å². The summed E-state index contributed by atoms with van der Waals surface area (Å²) in [5.74, 6) is 0.920. The number of fused-ring (bicyclic) bond motifs is 1. The summed E-state index contributed by atoms with van der Waals surface area (Å²) in [6.07, 6.45) is 0. The van der Waals surface area contributed by atoms with E-state index in [1.54, 1.807) is 29.2 Å². The van der Waals surface area contributed by atoms with Crippen LogP contribution in [0.3, 0.4) is 0 Å². The van der Waals surface area contributed by atoms with Gasteiger partial charge < -0.3 is 4.74 Å². The first kappa shape index (κ1) is 14.6. The van der Waals surface area contributed by atoms with Crippen LogP contribution in [-0.4, -0.2) is 17.5 Å². The van der Waals surface area contributed by atoms with Crippen molar-refractivity contribution in [2.75, 3.05) is 11.5 Å². The Hall–Kier alpha value is -1.30. The summed E-state index contributed by atoms with van der Waals surface area (Å²) < 4.78 is 6.02. The third-order valence-corrected chi connectivity index (χ3v) is 4.22. The Morgan fingerprint density at radius 2 is 2.05 bits per heavy atom. The smallest absolute Gasteiger partial charge is 0.266 e. The highest BCUT2D eigenvalue weighted by Gasteiger charge is 2.27. The van der Waals surface area contributed by atoms with Crippen LogP contribution in [0.4, 0.5) is 5.82 Å². The Morgan fingerprint density at radius 3 is 2.81 bits per heavy atom. The first-order chi connectivity index (χ1) is 10.0. The summed E-state index contributed by atoms with van der Waals surface area (Å²) in [7, 11) is 0. The first-order valence-electron chi connectivity index (χ1n) is 6.08. The van der Waals surface area contributed by atoms with Crippen LogP contribution in [0, 0.1) is 0 Å². The second-order valence-electron chi connectivity index (χ2n) is 4.47. The van der Waals surface area contributed by atoms with Crippen molar-refractivity contribution >= 4 is 50.9 Å². The molecule has 4 nitrogen and oxygen atoms in total. The van der Waals surface area contributed by atoms with E-state index in [9.17, 15) is 4.79 Å². The van der Waals surface area contributed by atoms with E-state index in [0.717, 1.165) is 5.56 Å². The molecule has 1 aromatic carbocycles. The number of hydrogen-bond donors (Lipinski definition) is 0. The highest BCUT2D eigenvalue weighted by atomic mass is 79.9. The average molecular weight is 388 g/mol. The zero-order valence-electron chi connectivity index (χ0n) is 10.6. The lowest BCUT2D eigenvalue weighted by Crippen LogP contribution is -2.38. The van der Waals surface area contributed by atoms with Crippen molar-refractivity contribution in [2.24, 2.45) is 0 Å². The third kappa shape index (κ3) is 3.00. The molecule has 1 amide bonds. The minimum absolute atomic E-state index is 0.00235. The Morgan fingerprint density at radius 1 is 1.24 bits per heavy atom. The number of aromatic nitrogens is 1. The van der Waals surface area contributed by atoms with Crippen molar-refractivity contribution in [1.29, 1.82) is 0 Å². The van der Waals surface area contributed by atoms with E-state index in [0.29, 0.717) is 32.8 Å². The summed E-state index contributed by atoms with van der Waals surface area (Å²) in [4.78, 5) is 18.0.